The molecule has 0 unspecified atom stereocenters. The molecule has 0 aliphatic rings. The van der Waals surface area contributed by atoms with Crippen molar-refractivity contribution in [3.8, 4) is 11.5 Å². The zero-order valence-electron chi connectivity index (χ0n) is 15.2. The Hall–Kier alpha value is -3.36. The van der Waals surface area contributed by atoms with Crippen LogP contribution in [0.15, 0.2) is 48.5 Å². The molecule has 3 N–H and O–H groups in total. The SMILES string of the molecule is COc1ccc(NC(=O)NCCC(=O)NCc2ccccc2OC(F)F)cc1. The van der Waals surface area contributed by atoms with E-state index in [0.717, 1.165) is 0 Å². The second-order valence-corrected chi connectivity index (χ2v) is 5.62. The number of carbonyl (C=O) groups excluding carboxylic acids is 2. The number of halogens is 2. The van der Waals surface area contributed by atoms with E-state index < -0.39 is 12.6 Å². The van der Waals surface area contributed by atoms with E-state index in [2.05, 4.69) is 20.7 Å². The summed E-state index contributed by atoms with van der Waals surface area (Å²) in [5.74, 6) is 0.342. The third-order valence-corrected chi connectivity index (χ3v) is 3.65. The van der Waals surface area contributed by atoms with E-state index in [1.165, 1.54) is 6.07 Å². The van der Waals surface area contributed by atoms with Gasteiger partial charge < -0.3 is 25.4 Å². The summed E-state index contributed by atoms with van der Waals surface area (Å²) in [6, 6.07) is 12.5. The molecule has 0 saturated carbocycles. The molecule has 0 saturated heterocycles. The van der Waals surface area contributed by atoms with Crippen molar-refractivity contribution >= 4 is 17.6 Å². The first-order valence-electron chi connectivity index (χ1n) is 8.46. The summed E-state index contributed by atoms with van der Waals surface area (Å²) in [6.07, 6.45) is 0.0356. The molecule has 0 heterocycles. The van der Waals surface area contributed by atoms with Gasteiger partial charge in [-0.05, 0) is 30.3 Å². The van der Waals surface area contributed by atoms with Gasteiger partial charge in [0.2, 0.25) is 5.91 Å². The molecule has 2 rings (SSSR count). The van der Waals surface area contributed by atoms with Crippen molar-refractivity contribution in [2.75, 3.05) is 19.0 Å². The highest BCUT2D eigenvalue weighted by atomic mass is 19.3. The topological polar surface area (TPSA) is 88.7 Å². The fourth-order valence-corrected chi connectivity index (χ4v) is 2.28. The number of anilines is 1. The number of ether oxygens (including phenoxy) is 2. The number of urea groups is 1. The van der Waals surface area contributed by atoms with Crippen molar-refractivity contribution in [1.82, 2.24) is 10.6 Å². The molecule has 7 nitrogen and oxygen atoms in total. The number of nitrogens with one attached hydrogen (secondary N) is 3. The molecule has 9 heteroatoms. The zero-order valence-corrected chi connectivity index (χ0v) is 15.2. The van der Waals surface area contributed by atoms with Crippen LogP contribution in [0.3, 0.4) is 0 Å². The average molecular weight is 393 g/mol. The summed E-state index contributed by atoms with van der Waals surface area (Å²) in [5, 5.41) is 7.79. The number of alkyl halides is 2. The highest BCUT2D eigenvalue weighted by Crippen LogP contribution is 2.20. The number of para-hydroxylation sites is 1. The Labute approximate surface area is 161 Å². The van der Waals surface area contributed by atoms with Gasteiger partial charge in [-0.15, -0.1) is 0 Å². The molecule has 0 radical (unpaired) electrons. The van der Waals surface area contributed by atoms with E-state index in [9.17, 15) is 18.4 Å². The molecule has 0 bridgehead atoms. The van der Waals surface area contributed by atoms with Crippen LogP contribution in [0.5, 0.6) is 11.5 Å². The molecule has 3 amide bonds. The predicted molar refractivity (Wildman–Crippen MR) is 99.6 cm³/mol. The summed E-state index contributed by atoms with van der Waals surface area (Å²) < 4.78 is 34.2. The predicted octanol–water partition coefficient (Wildman–Crippen LogP) is 3.12. The van der Waals surface area contributed by atoms with Gasteiger partial charge in [-0.3, -0.25) is 4.79 Å². The van der Waals surface area contributed by atoms with Gasteiger partial charge in [-0.25, -0.2) is 4.79 Å². The minimum Gasteiger partial charge on any atom is -0.497 e. The van der Waals surface area contributed by atoms with E-state index >= 15 is 0 Å². The molecule has 0 spiro atoms. The van der Waals surface area contributed by atoms with Gasteiger partial charge in [0.05, 0.1) is 7.11 Å². The Morgan fingerprint density at radius 1 is 1.04 bits per heavy atom. The lowest BCUT2D eigenvalue weighted by Crippen LogP contribution is -2.33. The van der Waals surface area contributed by atoms with Crippen LogP contribution in [0.2, 0.25) is 0 Å². The molecule has 2 aromatic rings. The molecule has 0 aromatic heterocycles. The number of hydrogen-bond acceptors (Lipinski definition) is 4. The number of benzene rings is 2. The van der Waals surface area contributed by atoms with Crippen molar-refractivity contribution in [2.45, 2.75) is 19.6 Å². The first kappa shape index (κ1) is 20.9. The van der Waals surface area contributed by atoms with Crippen LogP contribution in [-0.2, 0) is 11.3 Å². The van der Waals surface area contributed by atoms with E-state index in [0.29, 0.717) is 17.0 Å². The number of methoxy groups -OCH3 is 1. The quantitative estimate of drug-likeness (QED) is 0.611. The standard InChI is InChI=1S/C19H21F2N3O4/c1-27-15-8-6-14(7-9-15)24-19(26)22-11-10-17(25)23-12-13-4-2-3-5-16(13)28-18(20)21/h2-9,18H,10-12H2,1H3,(H,23,25)(H2,22,24,26). The second kappa shape index (κ2) is 10.7. The van der Waals surface area contributed by atoms with Crippen molar-refractivity contribution in [2.24, 2.45) is 0 Å². The van der Waals surface area contributed by atoms with Crippen molar-refractivity contribution in [3.05, 3.63) is 54.1 Å². The molecule has 0 aliphatic carbocycles. The third-order valence-electron chi connectivity index (χ3n) is 3.65. The van der Waals surface area contributed by atoms with Gasteiger partial charge in [0.15, 0.2) is 0 Å². The first-order chi connectivity index (χ1) is 13.5. The molecule has 2 aromatic carbocycles. The minimum atomic E-state index is -2.94. The van der Waals surface area contributed by atoms with Crippen LogP contribution in [0.1, 0.15) is 12.0 Å². The Kier molecular flexibility index (Phi) is 8.01. The van der Waals surface area contributed by atoms with Crippen LogP contribution in [0, 0.1) is 0 Å². The van der Waals surface area contributed by atoms with E-state index in [1.807, 2.05) is 0 Å². The van der Waals surface area contributed by atoms with Crippen LogP contribution >= 0.6 is 0 Å². The maximum Gasteiger partial charge on any atom is 0.387 e. The summed E-state index contributed by atoms with van der Waals surface area (Å²) >= 11 is 0. The highest BCUT2D eigenvalue weighted by Gasteiger charge is 2.10. The molecule has 28 heavy (non-hydrogen) atoms. The normalized spacial score (nSPS) is 10.3. The van der Waals surface area contributed by atoms with Gasteiger partial charge >= 0.3 is 12.6 Å². The van der Waals surface area contributed by atoms with E-state index in [1.54, 1.807) is 49.6 Å². The monoisotopic (exact) mass is 393 g/mol. The van der Waals surface area contributed by atoms with Crippen LogP contribution in [-0.4, -0.2) is 32.2 Å². The van der Waals surface area contributed by atoms with Gasteiger partial charge in [0.1, 0.15) is 11.5 Å². The van der Waals surface area contributed by atoms with Crippen molar-refractivity contribution < 1.29 is 27.8 Å². The smallest absolute Gasteiger partial charge is 0.387 e. The molecule has 150 valence electrons. The lowest BCUT2D eigenvalue weighted by molar-refractivity contribution is -0.121. The van der Waals surface area contributed by atoms with Crippen molar-refractivity contribution in [1.29, 1.82) is 0 Å². The van der Waals surface area contributed by atoms with Crippen LogP contribution in [0.4, 0.5) is 19.3 Å². The fraction of sp³-hybridized carbons (Fsp3) is 0.263. The highest BCUT2D eigenvalue weighted by molar-refractivity contribution is 5.89. The molecular weight excluding hydrogens is 372 g/mol. The maximum atomic E-state index is 12.4. The molecule has 0 aliphatic heterocycles. The van der Waals surface area contributed by atoms with Gasteiger partial charge in [-0.2, -0.15) is 8.78 Å². The zero-order chi connectivity index (χ0) is 20.4. The fourth-order valence-electron chi connectivity index (χ4n) is 2.28. The number of amides is 3. The van der Waals surface area contributed by atoms with E-state index in [4.69, 9.17) is 4.74 Å². The second-order valence-electron chi connectivity index (χ2n) is 5.62. The minimum absolute atomic E-state index is 0.00907. The van der Waals surface area contributed by atoms with E-state index in [-0.39, 0.29) is 31.2 Å². The molecule has 0 atom stereocenters. The summed E-state index contributed by atoms with van der Waals surface area (Å²) in [7, 11) is 1.55. The lowest BCUT2D eigenvalue weighted by atomic mass is 10.2. The summed E-state index contributed by atoms with van der Waals surface area (Å²) in [4.78, 5) is 23.7. The Morgan fingerprint density at radius 3 is 2.43 bits per heavy atom. The largest absolute Gasteiger partial charge is 0.497 e. The Balaban J connectivity index is 1.70. The Morgan fingerprint density at radius 2 is 1.75 bits per heavy atom. The summed E-state index contributed by atoms with van der Waals surface area (Å²) in [6.45, 7) is -2.78. The van der Waals surface area contributed by atoms with Gasteiger partial charge in [0, 0.05) is 30.8 Å². The average Bonchev–Trinajstić information content (AvgIpc) is 2.67. The first-order valence-corrected chi connectivity index (χ1v) is 8.46. The number of rotatable bonds is 9. The number of carbonyl (C=O) groups is 2. The van der Waals surface area contributed by atoms with Crippen LogP contribution in [0.25, 0.3) is 0 Å². The maximum absolute atomic E-state index is 12.4. The Bertz CT molecular complexity index is 785. The third kappa shape index (κ3) is 7.10. The van der Waals surface area contributed by atoms with Gasteiger partial charge in [-0.1, -0.05) is 18.2 Å². The van der Waals surface area contributed by atoms with Crippen LogP contribution < -0.4 is 25.4 Å². The summed E-state index contributed by atoms with van der Waals surface area (Å²) in [5.41, 5.74) is 1.01. The molecular formula is C19H21F2N3O4. The number of hydrogen-bond donors (Lipinski definition) is 3. The van der Waals surface area contributed by atoms with Crippen molar-refractivity contribution in [3.63, 3.8) is 0 Å². The van der Waals surface area contributed by atoms with Gasteiger partial charge in [0.25, 0.3) is 0 Å². The lowest BCUT2D eigenvalue weighted by Gasteiger charge is -2.12. The molecule has 0 fully saturated rings.